The van der Waals surface area contributed by atoms with Gasteiger partial charge in [0.05, 0.1) is 23.3 Å². The summed E-state index contributed by atoms with van der Waals surface area (Å²) < 4.78 is 5.29. The maximum atomic E-state index is 13.0. The Morgan fingerprint density at radius 3 is 2.17 bits per heavy atom. The quantitative estimate of drug-likeness (QED) is 0.297. The van der Waals surface area contributed by atoms with E-state index in [1.54, 1.807) is 6.92 Å². The number of aromatic nitrogens is 1. The predicted octanol–water partition coefficient (Wildman–Crippen LogP) is 3.94. The molecule has 0 atom stereocenters. The number of ether oxygens (including phenoxy) is 1. The zero-order valence-electron chi connectivity index (χ0n) is 15.9. The smallest absolute Gasteiger partial charge is 0.339 e. The fourth-order valence-corrected chi connectivity index (χ4v) is 4.09. The first-order chi connectivity index (χ1) is 14.0. The van der Waals surface area contributed by atoms with Crippen LogP contribution in [0.1, 0.15) is 38.1 Å². The lowest BCUT2D eigenvalue weighted by atomic mass is 9.92. The van der Waals surface area contributed by atoms with Crippen molar-refractivity contribution >= 4 is 50.2 Å². The largest absolute Gasteiger partial charge is 0.462 e. The lowest BCUT2D eigenvalue weighted by molar-refractivity contribution is 0.0522. The van der Waals surface area contributed by atoms with Gasteiger partial charge < -0.3 is 4.74 Å². The summed E-state index contributed by atoms with van der Waals surface area (Å²) in [6.07, 6.45) is 0. The van der Waals surface area contributed by atoms with Gasteiger partial charge in [0.25, 0.3) is 11.8 Å². The fraction of sp³-hybridized carbons (Fsp3) is 0.130. The summed E-state index contributed by atoms with van der Waals surface area (Å²) in [6.45, 7) is 1.86. The molecule has 0 N–H and O–H groups in total. The monoisotopic (exact) mass is 384 g/mol. The van der Waals surface area contributed by atoms with E-state index < -0.39 is 17.8 Å². The number of rotatable bonds is 2. The predicted molar refractivity (Wildman–Crippen MR) is 109 cm³/mol. The summed E-state index contributed by atoms with van der Waals surface area (Å²) >= 11 is 0. The molecule has 29 heavy (non-hydrogen) atoms. The van der Waals surface area contributed by atoms with Crippen molar-refractivity contribution < 1.29 is 19.1 Å². The maximum Gasteiger partial charge on any atom is 0.339 e. The van der Waals surface area contributed by atoms with Crippen molar-refractivity contribution in [2.24, 2.45) is 0 Å². The SMILES string of the molecule is CCOC(=O)c1c2c(nc3c4ccccc4c4ccccc4c13)C(=O)N(C)C2=O. The van der Waals surface area contributed by atoms with Crippen LogP contribution in [0, 0.1) is 0 Å². The van der Waals surface area contributed by atoms with E-state index in [2.05, 4.69) is 4.98 Å². The number of pyridine rings is 1. The highest BCUT2D eigenvalue weighted by molar-refractivity contribution is 6.33. The molecule has 142 valence electrons. The molecule has 1 aliphatic rings. The molecule has 0 saturated heterocycles. The van der Waals surface area contributed by atoms with E-state index in [0.717, 1.165) is 26.4 Å². The second kappa shape index (κ2) is 6.10. The Hall–Kier alpha value is -3.80. The second-order valence-corrected chi connectivity index (χ2v) is 6.91. The number of carbonyl (C=O) groups excluding carboxylic acids is 3. The van der Waals surface area contributed by atoms with Crippen molar-refractivity contribution in [2.75, 3.05) is 13.7 Å². The van der Waals surface area contributed by atoms with Crippen LogP contribution in [0.2, 0.25) is 0 Å². The molecule has 1 aromatic heterocycles. The molecule has 6 heteroatoms. The highest BCUT2D eigenvalue weighted by atomic mass is 16.5. The Labute approximate surface area is 165 Å². The lowest BCUT2D eigenvalue weighted by Crippen LogP contribution is -2.25. The Morgan fingerprint density at radius 2 is 1.52 bits per heavy atom. The number of amides is 2. The van der Waals surface area contributed by atoms with Gasteiger partial charge in [0.15, 0.2) is 0 Å². The number of imide groups is 1. The zero-order chi connectivity index (χ0) is 20.3. The number of benzene rings is 3. The minimum absolute atomic E-state index is 0.00603. The van der Waals surface area contributed by atoms with Gasteiger partial charge in [-0.05, 0) is 23.1 Å². The summed E-state index contributed by atoms with van der Waals surface area (Å²) in [7, 11) is 1.39. The molecule has 0 unspecified atom stereocenters. The van der Waals surface area contributed by atoms with Crippen LogP contribution in [-0.2, 0) is 4.74 Å². The Kier molecular flexibility index (Phi) is 3.64. The first kappa shape index (κ1) is 17.3. The average Bonchev–Trinajstić information content (AvgIpc) is 2.96. The molecule has 0 fully saturated rings. The van der Waals surface area contributed by atoms with Crippen LogP contribution >= 0.6 is 0 Å². The number of carbonyl (C=O) groups is 3. The minimum atomic E-state index is -0.631. The lowest BCUT2D eigenvalue weighted by Gasteiger charge is -2.14. The van der Waals surface area contributed by atoms with Gasteiger partial charge in [-0.2, -0.15) is 0 Å². The third-order valence-corrected chi connectivity index (χ3v) is 5.37. The van der Waals surface area contributed by atoms with Crippen LogP contribution in [0.25, 0.3) is 32.4 Å². The standard InChI is InChI=1S/C23H16N2O4/c1-3-29-23(28)17-16-14-10-6-4-8-12(14)13-9-5-7-11-15(13)19(16)24-20-18(17)21(26)25(2)22(20)27/h4-11H,3H2,1-2H3. The van der Waals surface area contributed by atoms with Crippen LogP contribution in [-0.4, -0.2) is 41.3 Å². The van der Waals surface area contributed by atoms with E-state index in [1.165, 1.54) is 7.05 Å². The first-order valence-corrected chi connectivity index (χ1v) is 9.31. The van der Waals surface area contributed by atoms with Crippen molar-refractivity contribution in [1.82, 2.24) is 9.88 Å². The van der Waals surface area contributed by atoms with Crippen LogP contribution in [0.5, 0.6) is 0 Å². The van der Waals surface area contributed by atoms with Gasteiger partial charge in [0.2, 0.25) is 0 Å². The molecule has 6 nitrogen and oxygen atoms in total. The van der Waals surface area contributed by atoms with Crippen LogP contribution < -0.4 is 0 Å². The average molecular weight is 384 g/mol. The van der Waals surface area contributed by atoms with Crippen molar-refractivity contribution in [3.8, 4) is 0 Å². The highest BCUT2D eigenvalue weighted by Crippen LogP contribution is 2.39. The Morgan fingerprint density at radius 1 is 0.931 bits per heavy atom. The number of hydrogen-bond donors (Lipinski definition) is 0. The van der Waals surface area contributed by atoms with E-state index >= 15 is 0 Å². The fourth-order valence-electron chi connectivity index (χ4n) is 4.09. The van der Waals surface area contributed by atoms with E-state index in [9.17, 15) is 14.4 Å². The van der Waals surface area contributed by atoms with Crippen molar-refractivity contribution in [2.45, 2.75) is 6.92 Å². The third kappa shape index (κ3) is 2.23. The highest BCUT2D eigenvalue weighted by Gasteiger charge is 2.40. The number of fused-ring (bicyclic) bond motifs is 7. The molecule has 5 rings (SSSR count). The van der Waals surface area contributed by atoms with Gasteiger partial charge >= 0.3 is 5.97 Å². The molecular weight excluding hydrogens is 368 g/mol. The van der Waals surface area contributed by atoms with Gasteiger partial charge in [0, 0.05) is 17.8 Å². The normalized spacial score (nSPS) is 13.5. The summed E-state index contributed by atoms with van der Waals surface area (Å²) in [5.74, 6) is -1.69. The van der Waals surface area contributed by atoms with Crippen LogP contribution in [0.3, 0.4) is 0 Å². The molecular formula is C23H16N2O4. The summed E-state index contributed by atoms with van der Waals surface area (Å²) in [6, 6.07) is 15.4. The molecule has 0 bridgehead atoms. The molecule has 1 aliphatic heterocycles. The molecule has 0 radical (unpaired) electrons. The van der Waals surface area contributed by atoms with E-state index in [-0.39, 0.29) is 23.4 Å². The number of esters is 1. The van der Waals surface area contributed by atoms with E-state index in [4.69, 9.17) is 4.74 Å². The van der Waals surface area contributed by atoms with Crippen molar-refractivity contribution in [3.05, 3.63) is 65.4 Å². The molecule has 3 aromatic carbocycles. The first-order valence-electron chi connectivity index (χ1n) is 9.31. The summed E-state index contributed by atoms with van der Waals surface area (Å²) in [5.41, 5.74) is 0.631. The molecule has 2 heterocycles. The molecule has 0 spiro atoms. The maximum absolute atomic E-state index is 13.0. The topological polar surface area (TPSA) is 76.6 Å². The van der Waals surface area contributed by atoms with Crippen molar-refractivity contribution in [3.63, 3.8) is 0 Å². The number of nitrogens with zero attached hydrogens (tertiary/aromatic N) is 2. The van der Waals surface area contributed by atoms with Gasteiger partial charge in [-0.25, -0.2) is 9.78 Å². The minimum Gasteiger partial charge on any atom is -0.462 e. The Balaban J connectivity index is 2.11. The molecule has 4 aromatic rings. The molecule has 0 aliphatic carbocycles. The van der Waals surface area contributed by atoms with Gasteiger partial charge in [-0.1, -0.05) is 48.5 Å². The molecule has 2 amide bonds. The van der Waals surface area contributed by atoms with Gasteiger partial charge in [0.1, 0.15) is 5.69 Å². The second-order valence-electron chi connectivity index (χ2n) is 6.91. The number of hydrogen-bond acceptors (Lipinski definition) is 5. The summed E-state index contributed by atoms with van der Waals surface area (Å²) in [5, 5.41) is 4.03. The summed E-state index contributed by atoms with van der Waals surface area (Å²) in [4.78, 5) is 44.1. The van der Waals surface area contributed by atoms with Crippen LogP contribution in [0.15, 0.2) is 48.5 Å². The van der Waals surface area contributed by atoms with E-state index in [0.29, 0.717) is 10.9 Å². The Bertz CT molecular complexity index is 1390. The van der Waals surface area contributed by atoms with Gasteiger partial charge in [-0.3, -0.25) is 14.5 Å². The van der Waals surface area contributed by atoms with Crippen LogP contribution in [0.4, 0.5) is 0 Å². The van der Waals surface area contributed by atoms with Gasteiger partial charge in [-0.15, -0.1) is 0 Å². The third-order valence-electron chi connectivity index (χ3n) is 5.37. The molecule has 0 saturated carbocycles. The van der Waals surface area contributed by atoms with Crippen molar-refractivity contribution in [1.29, 1.82) is 0 Å². The van der Waals surface area contributed by atoms with E-state index in [1.807, 2.05) is 48.5 Å². The zero-order valence-corrected chi connectivity index (χ0v) is 15.9.